The Labute approximate surface area is 184 Å². The topological polar surface area (TPSA) is 110 Å². The second kappa shape index (κ2) is 8.62. The summed E-state index contributed by atoms with van der Waals surface area (Å²) in [4.78, 5) is 15.3. The molecule has 0 fully saturated rings. The highest BCUT2D eigenvalue weighted by molar-refractivity contribution is 6.26. The van der Waals surface area contributed by atoms with Crippen molar-refractivity contribution in [1.29, 1.82) is 5.26 Å². The predicted molar refractivity (Wildman–Crippen MR) is 121 cm³/mol. The molecule has 0 spiro atoms. The molecule has 3 aromatic carbocycles. The van der Waals surface area contributed by atoms with Crippen molar-refractivity contribution in [2.75, 3.05) is 19.5 Å². The number of fused-ring (bicyclic) bond motifs is 1. The van der Waals surface area contributed by atoms with E-state index in [1.807, 2.05) is 30.3 Å². The lowest BCUT2D eigenvalue weighted by Crippen LogP contribution is -2.06. The summed E-state index contributed by atoms with van der Waals surface area (Å²) in [6.07, 6.45) is 0. The van der Waals surface area contributed by atoms with E-state index in [1.165, 1.54) is 12.1 Å². The van der Waals surface area contributed by atoms with Crippen LogP contribution in [-0.2, 0) is 0 Å². The molecule has 0 radical (unpaired) electrons. The van der Waals surface area contributed by atoms with Gasteiger partial charge in [-0.2, -0.15) is 5.26 Å². The Bertz CT molecular complexity index is 1290. The average Bonchev–Trinajstić information content (AvgIpc) is 3.17. The highest BCUT2D eigenvalue weighted by Crippen LogP contribution is 2.37. The van der Waals surface area contributed by atoms with E-state index in [9.17, 15) is 15.4 Å². The van der Waals surface area contributed by atoms with E-state index < -0.39 is 4.92 Å². The summed E-state index contributed by atoms with van der Waals surface area (Å²) < 4.78 is 10.6. The molecule has 8 heteroatoms. The Hall–Kier alpha value is -4.64. The van der Waals surface area contributed by atoms with E-state index in [4.69, 9.17) is 14.5 Å². The molecule has 158 valence electrons. The van der Waals surface area contributed by atoms with E-state index in [2.05, 4.69) is 11.4 Å². The fourth-order valence-electron chi connectivity index (χ4n) is 3.38. The van der Waals surface area contributed by atoms with Crippen LogP contribution < -0.4 is 14.8 Å². The minimum atomic E-state index is -0.477. The first kappa shape index (κ1) is 20.6. The molecule has 32 heavy (non-hydrogen) atoms. The number of aliphatic imine (C=N–C) groups is 1. The summed E-state index contributed by atoms with van der Waals surface area (Å²) in [5, 5.41) is 24.2. The molecule has 1 aliphatic rings. The summed E-state index contributed by atoms with van der Waals surface area (Å²) in [6.45, 7) is 0. The first-order valence-corrected chi connectivity index (χ1v) is 9.62. The van der Waals surface area contributed by atoms with E-state index in [0.717, 1.165) is 11.3 Å². The monoisotopic (exact) mass is 426 g/mol. The summed E-state index contributed by atoms with van der Waals surface area (Å²) in [5.41, 5.74) is 4.14. The number of nitrogens with one attached hydrogen (secondary N) is 1. The Morgan fingerprint density at radius 3 is 2.25 bits per heavy atom. The van der Waals surface area contributed by atoms with Crippen molar-refractivity contribution in [2.24, 2.45) is 4.99 Å². The number of rotatable bonds is 5. The number of nitro groups is 1. The maximum atomic E-state index is 11.0. The molecule has 8 nitrogen and oxygen atoms in total. The zero-order valence-corrected chi connectivity index (χ0v) is 17.3. The lowest BCUT2D eigenvalue weighted by Gasteiger charge is -2.07. The Balaban J connectivity index is 1.89. The lowest BCUT2D eigenvalue weighted by molar-refractivity contribution is -0.384. The van der Waals surface area contributed by atoms with Crippen LogP contribution in [0.15, 0.2) is 77.4 Å². The van der Waals surface area contributed by atoms with Gasteiger partial charge in [0.1, 0.15) is 17.6 Å². The summed E-state index contributed by atoms with van der Waals surface area (Å²) >= 11 is 0. The van der Waals surface area contributed by atoms with Gasteiger partial charge in [-0.05, 0) is 60.2 Å². The Kier molecular flexibility index (Phi) is 5.55. The van der Waals surface area contributed by atoms with Gasteiger partial charge in [-0.3, -0.25) is 10.1 Å². The van der Waals surface area contributed by atoms with Crippen LogP contribution in [0.1, 0.15) is 11.1 Å². The predicted octanol–water partition coefficient (Wildman–Crippen LogP) is 5.09. The van der Waals surface area contributed by atoms with Crippen molar-refractivity contribution in [3.05, 3.63) is 93.7 Å². The molecule has 0 atom stereocenters. The minimum absolute atomic E-state index is 0.0458. The number of nitriles is 1. The lowest BCUT2D eigenvalue weighted by atomic mass is 10.0. The van der Waals surface area contributed by atoms with Gasteiger partial charge in [-0.15, -0.1) is 0 Å². The van der Waals surface area contributed by atoms with Crippen LogP contribution in [-0.4, -0.2) is 24.9 Å². The van der Waals surface area contributed by atoms with E-state index in [1.54, 1.807) is 38.5 Å². The molecule has 0 aliphatic carbocycles. The maximum absolute atomic E-state index is 11.0. The summed E-state index contributed by atoms with van der Waals surface area (Å²) in [7, 11) is 3.17. The van der Waals surface area contributed by atoms with Gasteiger partial charge in [0.15, 0.2) is 0 Å². The average molecular weight is 426 g/mol. The van der Waals surface area contributed by atoms with Crippen molar-refractivity contribution >= 4 is 28.3 Å². The van der Waals surface area contributed by atoms with E-state index >= 15 is 0 Å². The maximum Gasteiger partial charge on any atom is 0.269 e. The summed E-state index contributed by atoms with van der Waals surface area (Å²) in [6, 6.07) is 20.9. The molecule has 4 rings (SSSR count). The number of allylic oxidation sites excluding steroid dienone is 2. The molecule has 0 saturated heterocycles. The molecule has 0 amide bonds. The van der Waals surface area contributed by atoms with Gasteiger partial charge < -0.3 is 14.8 Å². The zero-order valence-electron chi connectivity index (χ0n) is 17.3. The van der Waals surface area contributed by atoms with Gasteiger partial charge in [0, 0.05) is 23.4 Å². The fraction of sp³-hybridized carbons (Fsp3) is 0.0833. The van der Waals surface area contributed by atoms with Gasteiger partial charge in [0.05, 0.1) is 41.8 Å². The first-order valence-electron chi connectivity index (χ1n) is 9.62. The molecule has 0 aromatic heterocycles. The van der Waals surface area contributed by atoms with Crippen LogP contribution in [0.4, 0.5) is 17.1 Å². The molecule has 0 saturated carbocycles. The highest BCUT2D eigenvalue weighted by Gasteiger charge is 2.27. The standard InChI is InChI=1S/C24H18N4O4/c1-31-18-9-5-16(6-10-18)26-23-20-13-19(32-2)11-12-22(20)27-24(23)21(14-25)15-3-7-17(8-4-15)28(29)30/h3-13,27H,1-2H3/b24-21-,26-23?. The number of methoxy groups -OCH3 is 2. The number of nitrogens with zero attached hydrogens (tertiary/aromatic N) is 3. The smallest absolute Gasteiger partial charge is 0.269 e. The Morgan fingerprint density at radius 2 is 1.66 bits per heavy atom. The second-order valence-electron chi connectivity index (χ2n) is 6.86. The van der Waals surface area contributed by atoms with Crippen molar-refractivity contribution in [2.45, 2.75) is 0 Å². The SMILES string of the molecule is COc1ccc(N=C2/C(=C(\C#N)c3ccc([N+](=O)[O-])cc3)Nc3ccc(OC)cc32)cc1. The number of benzene rings is 3. The summed E-state index contributed by atoms with van der Waals surface area (Å²) in [5.74, 6) is 1.36. The molecule has 1 aliphatic heterocycles. The first-order chi connectivity index (χ1) is 15.5. The molecule has 1 N–H and O–H groups in total. The van der Waals surface area contributed by atoms with Crippen molar-refractivity contribution in [3.8, 4) is 17.6 Å². The van der Waals surface area contributed by atoms with Crippen molar-refractivity contribution in [1.82, 2.24) is 0 Å². The minimum Gasteiger partial charge on any atom is -0.497 e. The number of hydrogen-bond acceptors (Lipinski definition) is 7. The van der Waals surface area contributed by atoms with Gasteiger partial charge in [-0.25, -0.2) is 4.99 Å². The number of nitro benzene ring substituents is 1. The van der Waals surface area contributed by atoms with Crippen LogP contribution >= 0.6 is 0 Å². The number of ether oxygens (including phenoxy) is 2. The molecule has 3 aromatic rings. The quantitative estimate of drug-likeness (QED) is 0.346. The van der Waals surface area contributed by atoms with Crippen LogP contribution in [0.25, 0.3) is 5.57 Å². The molecule has 0 unspecified atom stereocenters. The van der Waals surface area contributed by atoms with Crippen molar-refractivity contribution < 1.29 is 14.4 Å². The van der Waals surface area contributed by atoms with Gasteiger partial charge in [0.25, 0.3) is 5.69 Å². The molecule has 0 bridgehead atoms. The number of anilines is 1. The number of hydrogen-bond donors (Lipinski definition) is 1. The molecular formula is C24H18N4O4. The third kappa shape index (κ3) is 3.87. The number of non-ortho nitro benzene ring substituents is 1. The van der Waals surface area contributed by atoms with Gasteiger partial charge >= 0.3 is 0 Å². The zero-order chi connectivity index (χ0) is 22.7. The van der Waals surface area contributed by atoms with Crippen LogP contribution in [0.3, 0.4) is 0 Å². The van der Waals surface area contributed by atoms with Crippen LogP contribution in [0.2, 0.25) is 0 Å². The van der Waals surface area contributed by atoms with E-state index in [0.29, 0.717) is 39.7 Å². The van der Waals surface area contributed by atoms with Crippen molar-refractivity contribution in [3.63, 3.8) is 0 Å². The van der Waals surface area contributed by atoms with Gasteiger partial charge in [-0.1, -0.05) is 0 Å². The molecular weight excluding hydrogens is 408 g/mol. The largest absolute Gasteiger partial charge is 0.497 e. The molecule has 1 heterocycles. The third-order valence-corrected chi connectivity index (χ3v) is 5.02. The second-order valence-corrected chi connectivity index (χ2v) is 6.86. The van der Waals surface area contributed by atoms with Gasteiger partial charge in [0.2, 0.25) is 0 Å². The van der Waals surface area contributed by atoms with E-state index in [-0.39, 0.29) is 5.69 Å². The van der Waals surface area contributed by atoms with Crippen LogP contribution in [0, 0.1) is 21.4 Å². The fourth-order valence-corrected chi connectivity index (χ4v) is 3.38. The Morgan fingerprint density at radius 1 is 1.00 bits per heavy atom. The third-order valence-electron chi connectivity index (χ3n) is 5.02. The highest BCUT2D eigenvalue weighted by atomic mass is 16.6. The normalized spacial score (nSPS) is 14.8. The van der Waals surface area contributed by atoms with Crippen LogP contribution in [0.5, 0.6) is 11.5 Å².